The first-order valence-electron chi connectivity index (χ1n) is 6.35. The van der Waals surface area contributed by atoms with Crippen LogP contribution in [0.4, 0.5) is 0 Å². The maximum Gasteiger partial charge on any atom is 0.139 e. The van der Waals surface area contributed by atoms with Gasteiger partial charge in [-0.1, -0.05) is 78.3 Å². The minimum absolute atomic E-state index is 0. The van der Waals surface area contributed by atoms with Crippen LogP contribution < -0.4 is 0 Å². The molecule has 0 aromatic rings. The molecule has 0 bridgehead atoms. The van der Waals surface area contributed by atoms with E-state index < -0.39 is 0 Å². The average molecular weight is 200 g/mol. The molecule has 0 saturated heterocycles. The molecular formula is C12H29BO. The Morgan fingerprint density at radius 2 is 0.929 bits per heavy atom. The minimum atomic E-state index is 0. The van der Waals surface area contributed by atoms with Gasteiger partial charge in [-0.2, -0.15) is 0 Å². The van der Waals surface area contributed by atoms with Gasteiger partial charge in [0, 0.05) is 0 Å². The highest BCUT2D eigenvalue weighted by Crippen LogP contribution is 2.16. The lowest BCUT2D eigenvalue weighted by atomic mass is 9.41. The highest BCUT2D eigenvalue weighted by molar-refractivity contribution is 6.58. The van der Waals surface area contributed by atoms with Crippen LogP contribution in [0, 0.1) is 0 Å². The molecule has 14 heavy (non-hydrogen) atoms. The second kappa shape index (κ2) is 13.0. The Balaban J connectivity index is 0. The summed E-state index contributed by atoms with van der Waals surface area (Å²) in [5.74, 6) is 0. The first-order chi connectivity index (χ1) is 6.35. The summed E-state index contributed by atoms with van der Waals surface area (Å²) >= 11 is 0. The first kappa shape index (κ1) is 16.5. The molecule has 0 aromatic carbocycles. The van der Waals surface area contributed by atoms with Crippen LogP contribution in [0.3, 0.4) is 0 Å². The van der Waals surface area contributed by atoms with Crippen molar-refractivity contribution in [2.45, 2.75) is 78.3 Å². The van der Waals surface area contributed by atoms with Crippen molar-refractivity contribution >= 4 is 6.71 Å². The van der Waals surface area contributed by atoms with E-state index >= 15 is 0 Å². The molecule has 0 aliphatic rings. The fourth-order valence-corrected chi connectivity index (χ4v) is 1.91. The van der Waals surface area contributed by atoms with E-state index in [2.05, 4.69) is 20.8 Å². The molecular weight excluding hydrogens is 171 g/mol. The van der Waals surface area contributed by atoms with Gasteiger partial charge in [-0.25, -0.2) is 0 Å². The van der Waals surface area contributed by atoms with Gasteiger partial charge >= 0.3 is 0 Å². The number of rotatable bonds is 9. The van der Waals surface area contributed by atoms with E-state index in [0.717, 1.165) is 6.71 Å². The summed E-state index contributed by atoms with van der Waals surface area (Å²) in [6, 6.07) is 0. The summed E-state index contributed by atoms with van der Waals surface area (Å²) in [6.07, 6.45) is 12.9. The molecule has 1 nitrogen and oxygen atoms in total. The van der Waals surface area contributed by atoms with Crippen molar-refractivity contribution in [1.29, 1.82) is 0 Å². The highest BCUT2D eigenvalue weighted by Gasteiger charge is 2.10. The van der Waals surface area contributed by atoms with E-state index in [0.29, 0.717) is 0 Å². The molecule has 0 spiro atoms. The lowest BCUT2D eigenvalue weighted by molar-refractivity contribution is 0.812. The molecule has 2 heteroatoms. The molecule has 86 valence electrons. The lowest BCUT2D eigenvalue weighted by Gasteiger charge is -2.11. The van der Waals surface area contributed by atoms with Crippen LogP contribution in [0.25, 0.3) is 0 Å². The largest absolute Gasteiger partial charge is 0.412 e. The quantitative estimate of drug-likeness (QED) is 0.503. The summed E-state index contributed by atoms with van der Waals surface area (Å²) in [6.45, 7) is 7.95. The van der Waals surface area contributed by atoms with Gasteiger partial charge < -0.3 is 5.48 Å². The normalized spacial score (nSPS) is 9.64. The minimum Gasteiger partial charge on any atom is -0.412 e. The zero-order valence-corrected chi connectivity index (χ0v) is 10.4. The molecule has 0 aromatic heterocycles. The van der Waals surface area contributed by atoms with Crippen molar-refractivity contribution in [2.75, 3.05) is 0 Å². The van der Waals surface area contributed by atoms with E-state index in [1.807, 2.05) is 0 Å². The Morgan fingerprint density at radius 1 is 0.643 bits per heavy atom. The third-order valence-electron chi connectivity index (χ3n) is 2.90. The molecule has 0 unspecified atom stereocenters. The Hall–Kier alpha value is 0.0249. The van der Waals surface area contributed by atoms with E-state index in [4.69, 9.17) is 0 Å². The van der Waals surface area contributed by atoms with Crippen LogP contribution in [0.15, 0.2) is 0 Å². The number of unbranched alkanes of at least 4 members (excludes halogenated alkanes) is 3. The summed E-state index contributed by atoms with van der Waals surface area (Å²) in [5.41, 5.74) is 0. The predicted molar refractivity (Wildman–Crippen MR) is 68.5 cm³/mol. The van der Waals surface area contributed by atoms with Gasteiger partial charge in [-0.15, -0.1) is 0 Å². The number of hydrogen-bond acceptors (Lipinski definition) is 0. The Kier molecular flexibility index (Phi) is 15.3. The van der Waals surface area contributed by atoms with Gasteiger partial charge in [-0.3, -0.25) is 0 Å². The topological polar surface area (TPSA) is 31.5 Å². The summed E-state index contributed by atoms with van der Waals surface area (Å²) < 4.78 is 0. The molecule has 0 atom stereocenters. The third-order valence-corrected chi connectivity index (χ3v) is 2.90. The van der Waals surface area contributed by atoms with Crippen molar-refractivity contribution < 1.29 is 5.48 Å². The second-order valence-corrected chi connectivity index (χ2v) is 4.29. The molecule has 2 N–H and O–H groups in total. The zero-order chi connectivity index (χ0) is 9.94. The zero-order valence-electron chi connectivity index (χ0n) is 10.4. The summed E-state index contributed by atoms with van der Waals surface area (Å²) in [5, 5.41) is 0. The lowest BCUT2D eigenvalue weighted by Crippen LogP contribution is -2.11. The smallest absolute Gasteiger partial charge is 0.139 e. The van der Waals surface area contributed by atoms with Gasteiger partial charge in [0.05, 0.1) is 0 Å². The standard InChI is InChI=1S/C12H27B.H2O/c1-4-7-10-13(11-8-5-2)12-9-6-3;/h4-12H2,1-3H3;1H2. The van der Waals surface area contributed by atoms with Crippen LogP contribution >= 0.6 is 0 Å². The maximum atomic E-state index is 2.30. The second-order valence-electron chi connectivity index (χ2n) is 4.29. The molecule has 0 radical (unpaired) electrons. The predicted octanol–water partition coefficient (Wildman–Crippen LogP) is 4.06. The third kappa shape index (κ3) is 10.1. The first-order valence-corrected chi connectivity index (χ1v) is 6.35. The Labute approximate surface area is 91.1 Å². The van der Waals surface area contributed by atoms with Crippen molar-refractivity contribution in [1.82, 2.24) is 0 Å². The van der Waals surface area contributed by atoms with Gasteiger partial charge in [0.25, 0.3) is 0 Å². The van der Waals surface area contributed by atoms with E-state index in [-0.39, 0.29) is 5.48 Å². The molecule has 0 fully saturated rings. The highest BCUT2D eigenvalue weighted by atomic mass is 16.0. The average Bonchev–Trinajstić information content (AvgIpc) is 2.17. The van der Waals surface area contributed by atoms with Crippen LogP contribution in [0.2, 0.25) is 19.0 Å². The molecule has 0 aliphatic carbocycles. The van der Waals surface area contributed by atoms with Gasteiger partial charge in [0.1, 0.15) is 6.71 Å². The van der Waals surface area contributed by atoms with Crippen molar-refractivity contribution in [3.05, 3.63) is 0 Å². The fourth-order valence-electron chi connectivity index (χ4n) is 1.91. The van der Waals surface area contributed by atoms with E-state index in [1.165, 1.54) is 57.5 Å². The van der Waals surface area contributed by atoms with Gasteiger partial charge in [0.2, 0.25) is 0 Å². The molecule has 0 amide bonds. The maximum absolute atomic E-state index is 2.30. The van der Waals surface area contributed by atoms with E-state index in [1.54, 1.807) is 0 Å². The van der Waals surface area contributed by atoms with Crippen LogP contribution in [-0.2, 0) is 0 Å². The number of hydrogen-bond donors (Lipinski definition) is 0. The monoisotopic (exact) mass is 200 g/mol. The SMILES string of the molecule is CCCCB(CCCC)CCCC.O. The molecule has 0 saturated carbocycles. The van der Waals surface area contributed by atoms with Crippen LogP contribution in [0.5, 0.6) is 0 Å². The van der Waals surface area contributed by atoms with Crippen LogP contribution in [-0.4, -0.2) is 12.2 Å². The Morgan fingerprint density at radius 3 is 1.14 bits per heavy atom. The summed E-state index contributed by atoms with van der Waals surface area (Å²) in [4.78, 5) is 0. The summed E-state index contributed by atoms with van der Waals surface area (Å²) in [7, 11) is 0. The molecule has 0 rings (SSSR count). The fraction of sp³-hybridized carbons (Fsp3) is 1.00. The molecule has 0 heterocycles. The molecule has 0 aliphatic heterocycles. The van der Waals surface area contributed by atoms with Crippen molar-refractivity contribution in [2.24, 2.45) is 0 Å². The van der Waals surface area contributed by atoms with Gasteiger partial charge in [0.15, 0.2) is 0 Å². The van der Waals surface area contributed by atoms with Crippen molar-refractivity contribution in [3.63, 3.8) is 0 Å². The van der Waals surface area contributed by atoms with E-state index in [9.17, 15) is 0 Å². The van der Waals surface area contributed by atoms with Crippen LogP contribution in [0.1, 0.15) is 59.3 Å². The Bertz CT molecular complexity index is 77.3. The van der Waals surface area contributed by atoms with Crippen molar-refractivity contribution in [3.8, 4) is 0 Å². The van der Waals surface area contributed by atoms with Gasteiger partial charge in [-0.05, 0) is 0 Å².